The van der Waals surface area contributed by atoms with Crippen LogP contribution in [0.2, 0.25) is 0 Å². The van der Waals surface area contributed by atoms with Crippen LogP contribution >= 0.6 is 0 Å². The Labute approximate surface area is 235 Å². The van der Waals surface area contributed by atoms with Crippen LogP contribution in [0.4, 0.5) is 0 Å². The van der Waals surface area contributed by atoms with Crippen LogP contribution in [0.5, 0.6) is 0 Å². The Morgan fingerprint density at radius 3 is 2.62 bits per heavy atom. The van der Waals surface area contributed by atoms with Gasteiger partial charge in [0, 0.05) is 76.1 Å². The summed E-state index contributed by atoms with van der Waals surface area (Å²) in [5.74, 6) is 0.199. The number of aliphatic hydroxyl groups is 1. The normalized spacial score (nSPS) is 13.4. The summed E-state index contributed by atoms with van der Waals surface area (Å²) in [5, 5.41) is 8.98. The minimum absolute atomic E-state index is 0.0142. The van der Waals surface area contributed by atoms with Crippen molar-refractivity contribution in [3.63, 3.8) is 0 Å². The second kappa shape index (κ2) is 11.7. The monoisotopic (exact) mass is 539 g/mol. The van der Waals surface area contributed by atoms with E-state index in [0.29, 0.717) is 24.8 Å². The summed E-state index contributed by atoms with van der Waals surface area (Å²) in [6.07, 6.45) is 6.22. The summed E-state index contributed by atoms with van der Waals surface area (Å²) < 4.78 is 0. The van der Waals surface area contributed by atoms with Gasteiger partial charge in [-0.2, -0.15) is 0 Å². The summed E-state index contributed by atoms with van der Waals surface area (Å²) in [6, 6.07) is 10.3. The third-order valence-electron chi connectivity index (χ3n) is 7.81. The Morgan fingerprint density at radius 1 is 1.07 bits per heavy atom. The van der Waals surface area contributed by atoms with Crippen molar-refractivity contribution in [1.82, 2.24) is 24.8 Å². The Hall–Kier alpha value is -3.88. The molecule has 0 fully saturated rings. The van der Waals surface area contributed by atoms with Gasteiger partial charge < -0.3 is 15.0 Å². The number of hydrogen-bond acceptors (Lipinski definition) is 6. The molecular weight excluding hydrogens is 502 g/mol. The summed E-state index contributed by atoms with van der Waals surface area (Å²) in [6.45, 7) is 6.66. The van der Waals surface area contributed by atoms with Gasteiger partial charge in [0.15, 0.2) is 5.65 Å². The highest BCUT2D eigenvalue weighted by Gasteiger charge is 2.21. The van der Waals surface area contributed by atoms with Crippen LogP contribution in [0.1, 0.15) is 51.9 Å². The first-order valence-electron chi connectivity index (χ1n) is 13.9. The lowest BCUT2D eigenvalue weighted by atomic mass is 9.92. The van der Waals surface area contributed by atoms with Gasteiger partial charge in [0.2, 0.25) is 0 Å². The van der Waals surface area contributed by atoms with E-state index in [2.05, 4.69) is 33.9 Å². The summed E-state index contributed by atoms with van der Waals surface area (Å²) >= 11 is 0. The number of Topliss-reactive ketones (excluding diaryl/α,β-unsaturated/α-hetero) is 1. The molecule has 208 valence electrons. The molecule has 1 aliphatic heterocycles. The van der Waals surface area contributed by atoms with E-state index in [4.69, 9.17) is 10.1 Å². The average Bonchev–Trinajstić information content (AvgIpc) is 3.37. The van der Waals surface area contributed by atoms with Crippen molar-refractivity contribution in [2.45, 2.75) is 46.1 Å². The number of ketones is 1. The van der Waals surface area contributed by atoms with Crippen LogP contribution in [0.25, 0.3) is 33.5 Å². The number of nitrogens with zero attached hydrogens (tertiary/aromatic N) is 4. The topological polar surface area (TPSA) is 102 Å². The van der Waals surface area contributed by atoms with Crippen LogP contribution in [-0.4, -0.2) is 75.3 Å². The maximum Gasteiger partial charge on any atom is 0.253 e. The number of rotatable bonds is 9. The van der Waals surface area contributed by atoms with E-state index in [-0.39, 0.29) is 18.3 Å². The summed E-state index contributed by atoms with van der Waals surface area (Å²) in [7, 11) is 3.52. The lowest BCUT2D eigenvalue weighted by molar-refractivity contribution is -0.119. The number of fused-ring (bicyclic) bond motifs is 2. The van der Waals surface area contributed by atoms with Crippen molar-refractivity contribution in [3.05, 3.63) is 70.5 Å². The second-order valence-corrected chi connectivity index (χ2v) is 11.0. The number of nitrogens with one attached hydrogen (secondary N) is 1. The highest BCUT2D eigenvalue weighted by atomic mass is 16.3. The van der Waals surface area contributed by atoms with E-state index in [1.165, 1.54) is 16.7 Å². The molecule has 0 atom stereocenters. The van der Waals surface area contributed by atoms with Crippen LogP contribution in [0, 0.1) is 13.8 Å². The van der Waals surface area contributed by atoms with E-state index in [9.17, 15) is 9.59 Å². The van der Waals surface area contributed by atoms with Gasteiger partial charge in [0.05, 0.1) is 11.9 Å². The molecule has 2 N–H and O–H groups in total. The van der Waals surface area contributed by atoms with E-state index < -0.39 is 0 Å². The van der Waals surface area contributed by atoms with E-state index in [1.54, 1.807) is 19.0 Å². The summed E-state index contributed by atoms with van der Waals surface area (Å²) in [4.78, 5) is 41.5. The molecule has 0 aliphatic carbocycles. The predicted octanol–water partition coefficient (Wildman–Crippen LogP) is 4.70. The molecule has 8 nitrogen and oxygen atoms in total. The minimum Gasteiger partial charge on any atom is -0.396 e. The molecule has 5 rings (SSSR count). The van der Waals surface area contributed by atoms with Crippen LogP contribution in [0.3, 0.4) is 0 Å². The zero-order chi connectivity index (χ0) is 28.4. The highest BCUT2D eigenvalue weighted by Crippen LogP contribution is 2.32. The molecule has 8 heteroatoms. The van der Waals surface area contributed by atoms with Crippen molar-refractivity contribution >= 4 is 22.9 Å². The number of aromatic amines is 1. The largest absolute Gasteiger partial charge is 0.396 e. The zero-order valence-corrected chi connectivity index (χ0v) is 23.8. The molecule has 0 bridgehead atoms. The maximum absolute atomic E-state index is 12.5. The molecule has 0 saturated carbocycles. The third kappa shape index (κ3) is 5.69. The van der Waals surface area contributed by atoms with Crippen molar-refractivity contribution in [3.8, 4) is 22.4 Å². The van der Waals surface area contributed by atoms with Gasteiger partial charge in [0.25, 0.3) is 5.91 Å². The Kier molecular flexibility index (Phi) is 8.09. The first-order valence-corrected chi connectivity index (χ1v) is 13.9. The standard InChI is InChI=1S/C32H37N5O3/c1-20-15-23(16-24-19-37(12-10-26(20)24)11-9-25(39)6-5-13-38)29-18-34-31-30(35-29)28(17-33-31)22-7-8-27(21(2)14-22)32(40)36(3)4/h7-8,14-18,38H,5-6,9-13,19H2,1-4H3,(H,33,34). The van der Waals surface area contributed by atoms with E-state index >= 15 is 0 Å². The Balaban J connectivity index is 1.42. The molecule has 2 aromatic carbocycles. The Morgan fingerprint density at radius 2 is 1.88 bits per heavy atom. The first-order chi connectivity index (χ1) is 19.2. The van der Waals surface area contributed by atoms with Gasteiger partial charge in [-0.05, 0) is 72.7 Å². The van der Waals surface area contributed by atoms with Crippen LogP contribution in [0.15, 0.2) is 42.7 Å². The SMILES string of the molecule is Cc1cc(-c2c[nH]c3ncc(-c4cc(C)c5c(c4)CN(CCC(=O)CCCO)CC5)nc23)ccc1C(=O)N(C)C. The highest BCUT2D eigenvalue weighted by molar-refractivity contribution is 5.97. The molecule has 0 radical (unpaired) electrons. The molecule has 0 saturated heterocycles. The third-order valence-corrected chi connectivity index (χ3v) is 7.81. The van der Waals surface area contributed by atoms with E-state index in [1.807, 2.05) is 37.5 Å². The van der Waals surface area contributed by atoms with Gasteiger partial charge in [-0.1, -0.05) is 12.1 Å². The van der Waals surface area contributed by atoms with Gasteiger partial charge in [0.1, 0.15) is 11.3 Å². The van der Waals surface area contributed by atoms with Crippen LogP contribution in [-0.2, 0) is 17.8 Å². The second-order valence-electron chi connectivity index (χ2n) is 11.0. The average molecular weight is 540 g/mol. The lowest BCUT2D eigenvalue weighted by Gasteiger charge is -2.30. The van der Waals surface area contributed by atoms with Gasteiger partial charge in [-0.25, -0.2) is 9.97 Å². The van der Waals surface area contributed by atoms with Crippen LogP contribution < -0.4 is 0 Å². The van der Waals surface area contributed by atoms with Crippen molar-refractivity contribution in [1.29, 1.82) is 0 Å². The first kappa shape index (κ1) is 27.7. The molecule has 1 amide bonds. The number of H-pyrrole nitrogens is 1. The van der Waals surface area contributed by atoms with Crippen molar-refractivity contribution in [2.24, 2.45) is 0 Å². The quantitative estimate of drug-likeness (QED) is 0.320. The molecule has 3 heterocycles. The fourth-order valence-corrected chi connectivity index (χ4v) is 5.56. The van der Waals surface area contributed by atoms with E-state index in [0.717, 1.165) is 65.2 Å². The van der Waals surface area contributed by atoms with Crippen molar-refractivity contribution in [2.75, 3.05) is 33.8 Å². The van der Waals surface area contributed by atoms with Crippen molar-refractivity contribution < 1.29 is 14.7 Å². The van der Waals surface area contributed by atoms with Gasteiger partial charge in [-0.3, -0.25) is 14.5 Å². The number of carbonyl (C=O) groups excluding carboxylic acids is 2. The number of aromatic nitrogens is 3. The number of aliphatic hydroxyl groups excluding tert-OH is 1. The zero-order valence-electron chi connectivity index (χ0n) is 23.8. The number of aryl methyl sites for hydroxylation is 2. The van der Waals surface area contributed by atoms with Gasteiger partial charge >= 0.3 is 0 Å². The lowest BCUT2D eigenvalue weighted by Crippen LogP contribution is -2.32. The van der Waals surface area contributed by atoms with Gasteiger partial charge in [-0.15, -0.1) is 0 Å². The predicted molar refractivity (Wildman–Crippen MR) is 157 cm³/mol. The molecule has 40 heavy (non-hydrogen) atoms. The molecular formula is C32H37N5O3. The Bertz CT molecular complexity index is 1570. The number of amides is 1. The fraction of sp³-hybridized carbons (Fsp3) is 0.375. The molecule has 0 unspecified atom stereocenters. The number of benzene rings is 2. The minimum atomic E-state index is -0.0142. The summed E-state index contributed by atoms with van der Waals surface area (Å²) in [5.41, 5.74) is 10.8. The number of carbonyl (C=O) groups is 2. The smallest absolute Gasteiger partial charge is 0.253 e. The fourth-order valence-electron chi connectivity index (χ4n) is 5.56. The molecule has 4 aromatic rings. The maximum atomic E-state index is 12.5. The molecule has 0 spiro atoms. The molecule has 1 aliphatic rings. The molecule has 2 aromatic heterocycles. The number of hydrogen-bond donors (Lipinski definition) is 2.